The number of urea groups is 1. The third kappa shape index (κ3) is 4.55. The first-order valence-electron chi connectivity index (χ1n) is 5.82. The number of carbonyl (C=O) groups is 2. The van der Waals surface area contributed by atoms with E-state index >= 15 is 0 Å². The zero-order chi connectivity index (χ0) is 14.6. The number of carboxylic acids is 1. The molecule has 6 heteroatoms. The molecular formula is C13H17BrN2O3. The summed E-state index contributed by atoms with van der Waals surface area (Å²) < 4.78 is 0.941. The van der Waals surface area contributed by atoms with Crippen LogP contribution in [0.25, 0.3) is 0 Å². The molecule has 1 unspecified atom stereocenters. The summed E-state index contributed by atoms with van der Waals surface area (Å²) >= 11 is 3.35. The molecule has 0 saturated carbocycles. The molecule has 2 N–H and O–H groups in total. The van der Waals surface area contributed by atoms with Crippen molar-refractivity contribution in [1.82, 2.24) is 4.90 Å². The minimum Gasteiger partial charge on any atom is -0.481 e. The van der Waals surface area contributed by atoms with Gasteiger partial charge in [0.15, 0.2) is 0 Å². The van der Waals surface area contributed by atoms with Gasteiger partial charge in [-0.05, 0) is 30.7 Å². The van der Waals surface area contributed by atoms with Crippen molar-refractivity contribution in [3.63, 3.8) is 0 Å². The second-order valence-electron chi connectivity index (χ2n) is 4.51. The molecule has 104 valence electrons. The van der Waals surface area contributed by atoms with Crippen LogP contribution >= 0.6 is 15.9 Å². The van der Waals surface area contributed by atoms with Crippen LogP contribution < -0.4 is 5.32 Å². The number of carboxylic acid groups (broad SMARTS) is 1. The van der Waals surface area contributed by atoms with E-state index in [0.29, 0.717) is 5.69 Å². The standard InChI is InChI=1S/C13H17BrN2O3/c1-8-6-10(14)4-5-11(8)15-13(19)16(3)7-9(2)12(17)18/h4-6,9H,7H2,1-3H3,(H,15,19)(H,17,18). The Hall–Kier alpha value is -1.56. The fourth-order valence-corrected chi connectivity index (χ4v) is 2.03. The highest BCUT2D eigenvalue weighted by Gasteiger charge is 2.17. The van der Waals surface area contributed by atoms with Crippen LogP contribution in [0.5, 0.6) is 0 Å². The highest BCUT2D eigenvalue weighted by molar-refractivity contribution is 9.10. The van der Waals surface area contributed by atoms with E-state index in [1.807, 2.05) is 19.1 Å². The minimum atomic E-state index is -0.917. The van der Waals surface area contributed by atoms with Crippen molar-refractivity contribution in [1.29, 1.82) is 0 Å². The van der Waals surface area contributed by atoms with E-state index in [-0.39, 0.29) is 12.6 Å². The molecule has 0 bridgehead atoms. The van der Waals surface area contributed by atoms with Crippen LogP contribution in [0.15, 0.2) is 22.7 Å². The Morgan fingerprint density at radius 1 is 1.47 bits per heavy atom. The van der Waals surface area contributed by atoms with Gasteiger partial charge < -0.3 is 15.3 Å². The van der Waals surface area contributed by atoms with E-state index < -0.39 is 11.9 Å². The topological polar surface area (TPSA) is 69.6 Å². The summed E-state index contributed by atoms with van der Waals surface area (Å²) in [7, 11) is 1.57. The van der Waals surface area contributed by atoms with Gasteiger partial charge in [0.2, 0.25) is 0 Å². The maximum absolute atomic E-state index is 11.9. The van der Waals surface area contributed by atoms with Gasteiger partial charge in [-0.25, -0.2) is 4.79 Å². The van der Waals surface area contributed by atoms with E-state index in [2.05, 4.69) is 21.2 Å². The van der Waals surface area contributed by atoms with Crippen LogP contribution in [0, 0.1) is 12.8 Å². The Labute approximate surface area is 120 Å². The number of hydrogen-bond donors (Lipinski definition) is 2. The summed E-state index contributed by atoms with van der Waals surface area (Å²) in [5.74, 6) is -1.51. The van der Waals surface area contributed by atoms with Gasteiger partial charge >= 0.3 is 12.0 Å². The number of nitrogens with zero attached hydrogens (tertiary/aromatic N) is 1. The fraction of sp³-hybridized carbons (Fsp3) is 0.385. The number of benzene rings is 1. The van der Waals surface area contributed by atoms with E-state index in [4.69, 9.17) is 5.11 Å². The van der Waals surface area contributed by atoms with Gasteiger partial charge in [0.05, 0.1) is 5.92 Å². The summed E-state index contributed by atoms with van der Waals surface area (Å²) in [6.07, 6.45) is 0. The number of rotatable bonds is 4. The lowest BCUT2D eigenvalue weighted by Crippen LogP contribution is -2.36. The predicted octanol–water partition coefficient (Wildman–Crippen LogP) is 2.94. The molecule has 0 heterocycles. The van der Waals surface area contributed by atoms with E-state index in [0.717, 1.165) is 10.0 Å². The number of nitrogens with one attached hydrogen (secondary N) is 1. The smallest absolute Gasteiger partial charge is 0.321 e. The van der Waals surface area contributed by atoms with Gasteiger partial charge in [0.1, 0.15) is 0 Å². The fourth-order valence-electron chi connectivity index (χ4n) is 1.55. The Kier molecular flexibility index (Phi) is 5.35. The number of anilines is 1. The van der Waals surface area contributed by atoms with Crippen molar-refractivity contribution >= 4 is 33.6 Å². The summed E-state index contributed by atoms with van der Waals surface area (Å²) in [4.78, 5) is 24.0. The van der Waals surface area contributed by atoms with Crippen LogP contribution in [0.3, 0.4) is 0 Å². The molecule has 0 aliphatic carbocycles. The number of halogens is 1. The molecule has 1 rings (SSSR count). The van der Waals surface area contributed by atoms with Gasteiger partial charge in [0.25, 0.3) is 0 Å². The average Bonchev–Trinajstić information content (AvgIpc) is 2.32. The number of carbonyl (C=O) groups excluding carboxylic acids is 1. The first-order chi connectivity index (χ1) is 8.81. The Balaban J connectivity index is 2.66. The van der Waals surface area contributed by atoms with Crippen molar-refractivity contribution in [2.24, 2.45) is 5.92 Å². The molecule has 0 radical (unpaired) electrons. The van der Waals surface area contributed by atoms with Crippen LogP contribution in [-0.4, -0.2) is 35.6 Å². The third-order valence-electron chi connectivity index (χ3n) is 2.75. The van der Waals surface area contributed by atoms with Gasteiger partial charge in [-0.3, -0.25) is 4.79 Å². The van der Waals surface area contributed by atoms with Crippen molar-refractivity contribution in [3.05, 3.63) is 28.2 Å². The molecule has 0 saturated heterocycles. The summed E-state index contributed by atoms with van der Waals surface area (Å²) in [6.45, 7) is 3.62. The number of amides is 2. The summed E-state index contributed by atoms with van der Waals surface area (Å²) in [5, 5.41) is 11.6. The Morgan fingerprint density at radius 2 is 2.11 bits per heavy atom. The monoisotopic (exact) mass is 328 g/mol. The molecule has 1 aromatic carbocycles. The highest BCUT2D eigenvalue weighted by Crippen LogP contribution is 2.20. The van der Waals surface area contributed by atoms with Gasteiger partial charge in [-0.1, -0.05) is 22.9 Å². The average molecular weight is 329 g/mol. The molecule has 0 aromatic heterocycles. The van der Waals surface area contributed by atoms with E-state index in [1.54, 1.807) is 20.0 Å². The first kappa shape index (κ1) is 15.5. The molecule has 0 aliphatic rings. The zero-order valence-corrected chi connectivity index (χ0v) is 12.7. The molecule has 5 nitrogen and oxygen atoms in total. The quantitative estimate of drug-likeness (QED) is 0.892. The predicted molar refractivity (Wildman–Crippen MR) is 77.3 cm³/mol. The molecule has 1 atom stereocenters. The maximum atomic E-state index is 11.9. The Morgan fingerprint density at radius 3 is 2.63 bits per heavy atom. The van der Waals surface area contributed by atoms with E-state index in [9.17, 15) is 9.59 Å². The Bertz CT molecular complexity index is 491. The SMILES string of the molecule is Cc1cc(Br)ccc1NC(=O)N(C)CC(C)C(=O)O. The van der Waals surface area contributed by atoms with E-state index in [1.165, 1.54) is 4.90 Å². The van der Waals surface area contributed by atoms with Gasteiger partial charge in [0, 0.05) is 23.8 Å². The van der Waals surface area contributed by atoms with Crippen LogP contribution in [0.2, 0.25) is 0 Å². The highest BCUT2D eigenvalue weighted by atomic mass is 79.9. The zero-order valence-electron chi connectivity index (χ0n) is 11.1. The largest absolute Gasteiger partial charge is 0.481 e. The molecule has 0 spiro atoms. The molecule has 0 fully saturated rings. The molecule has 0 aliphatic heterocycles. The summed E-state index contributed by atoms with van der Waals surface area (Å²) in [5.41, 5.74) is 1.64. The summed E-state index contributed by atoms with van der Waals surface area (Å²) in [6, 6.07) is 5.21. The van der Waals surface area contributed by atoms with Crippen LogP contribution in [-0.2, 0) is 4.79 Å². The van der Waals surface area contributed by atoms with Crippen molar-refractivity contribution < 1.29 is 14.7 Å². The van der Waals surface area contributed by atoms with Crippen molar-refractivity contribution in [2.75, 3.05) is 18.9 Å². The molecular weight excluding hydrogens is 312 g/mol. The molecule has 2 amide bonds. The lowest BCUT2D eigenvalue weighted by molar-refractivity contribution is -0.141. The van der Waals surface area contributed by atoms with Crippen LogP contribution in [0.4, 0.5) is 10.5 Å². The van der Waals surface area contributed by atoms with Gasteiger partial charge in [-0.15, -0.1) is 0 Å². The normalized spacial score (nSPS) is 11.8. The molecule has 1 aromatic rings. The van der Waals surface area contributed by atoms with Crippen molar-refractivity contribution in [2.45, 2.75) is 13.8 Å². The first-order valence-corrected chi connectivity index (χ1v) is 6.61. The van der Waals surface area contributed by atoms with Crippen LogP contribution in [0.1, 0.15) is 12.5 Å². The lowest BCUT2D eigenvalue weighted by atomic mass is 10.2. The number of aliphatic carboxylic acids is 1. The molecule has 19 heavy (non-hydrogen) atoms. The number of hydrogen-bond acceptors (Lipinski definition) is 2. The second-order valence-corrected chi connectivity index (χ2v) is 5.42. The van der Waals surface area contributed by atoms with Crippen molar-refractivity contribution in [3.8, 4) is 0 Å². The minimum absolute atomic E-state index is 0.163. The maximum Gasteiger partial charge on any atom is 0.321 e. The third-order valence-corrected chi connectivity index (χ3v) is 3.24. The lowest BCUT2D eigenvalue weighted by Gasteiger charge is -2.20. The second kappa shape index (κ2) is 6.56. The van der Waals surface area contributed by atoms with Gasteiger partial charge in [-0.2, -0.15) is 0 Å². The number of aryl methyl sites for hydroxylation is 1.